The topological polar surface area (TPSA) is 124 Å². The molecule has 2 rings (SSSR count). The number of amides is 2. The number of carbonyl (C=O) groups is 3. The van der Waals surface area contributed by atoms with Gasteiger partial charge in [0.15, 0.2) is 6.04 Å². The first-order chi connectivity index (χ1) is 9.47. The molecule has 2 amide bonds. The van der Waals surface area contributed by atoms with E-state index >= 15 is 0 Å². The van der Waals surface area contributed by atoms with E-state index in [9.17, 15) is 19.5 Å². The van der Waals surface area contributed by atoms with Crippen molar-refractivity contribution < 1.29 is 24.6 Å². The van der Waals surface area contributed by atoms with Crippen molar-refractivity contribution in [3.8, 4) is 0 Å². The van der Waals surface area contributed by atoms with Crippen LogP contribution in [0.2, 0.25) is 0 Å². The Labute approximate surface area is 116 Å². The second kappa shape index (κ2) is 5.76. The van der Waals surface area contributed by atoms with Gasteiger partial charge < -0.3 is 25.7 Å². The zero-order valence-electron chi connectivity index (χ0n) is 11.1. The minimum atomic E-state index is -1.22. The molecule has 2 heterocycles. The van der Waals surface area contributed by atoms with Crippen molar-refractivity contribution in [1.29, 1.82) is 0 Å². The summed E-state index contributed by atoms with van der Waals surface area (Å²) in [4.78, 5) is 37.9. The van der Waals surface area contributed by atoms with Gasteiger partial charge in [-0.3, -0.25) is 9.59 Å². The number of hydrogen-bond donors (Lipinski definition) is 3. The van der Waals surface area contributed by atoms with E-state index in [2.05, 4.69) is 0 Å². The van der Waals surface area contributed by atoms with E-state index in [0.29, 0.717) is 19.4 Å². The molecule has 2 fully saturated rings. The summed E-state index contributed by atoms with van der Waals surface area (Å²) in [5.41, 5.74) is 5.32. The number of aliphatic carboxylic acids is 1. The molecule has 0 aromatic rings. The zero-order chi connectivity index (χ0) is 14.9. The van der Waals surface area contributed by atoms with Crippen LogP contribution in [0, 0.1) is 0 Å². The Balaban J connectivity index is 2.14. The lowest BCUT2D eigenvalue weighted by atomic mass is 10.1. The van der Waals surface area contributed by atoms with E-state index in [-0.39, 0.29) is 25.4 Å². The van der Waals surface area contributed by atoms with Crippen LogP contribution in [0.25, 0.3) is 0 Å². The molecule has 1 unspecified atom stereocenters. The summed E-state index contributed by atoms with van der Waals surface area (Å²) >= 11 is 0. The van der Waals surface area contributed by atoms with Crippen LogP contribution in [-0.4, -0.2) is 75.6 Å². The highest BCUT2D eigenvalue weighted by Gasteiger charge is 2.45. The van der Waals surface area contributed by atoms with E-state index in [0.717, 1.165) is 0 Å². The molecule has 4 N–H and O–H groups in total. The average molecular weight is 287 g/mol. The molecule has 0 spiro atoms. The Morgan fingerprint density at radius 2 is 2.00 bits per heavy atom. The minimum absolute atomic E-state index is 0.172. The average Bonchev–Trinajstić information content (AvgIpc) is 3.03. The van der Waals surface area contributed by atoms with Crippen LogP contribution in [0.5, 0.6) is 0 Å². The van der Waals surface area contributed by atoms with Crippen LogP contribution in [0.1, 0.15) is 19.3 Å². The van der Waals surface area contributed by atoms with Gasteiger partial charge in [-0.2, -0.15) is 0 Å². The predicted octanol–water partition coefficient (Wildman–Crippen LogP) is -2.02. The summed E-state index contributed by atoms with van der Waals surface area (Å²) in [6, 6.07) is -1.88. The normalized spacial score (nSPS) is 29.8. The quantitative estimate of drug-likeness (QED) is 0.550. The van der Waals surface area contributed by atoms with Crippen molar-refractivity contribution in [3.05, 3.63) is 0 Å². The Hall–Kier alpha value is -1.67. The number of aliphatic hydroxyl groups excluding tert-OH is 1. The summed E-state index contributed by atoms with van der Waals surface area (Å²) in [7, 11) is 0. The molecule has 2 aliphatic rings. The fourth-order valence-corrected chi connectivity index (χ4v) is 2.95. The summed E-state index contributed by atoms with van der Waals surface area (Å²) in [5.74, 6) is -1.95. The molecular formula is C12H19N3O5. The first kappa shape index (κ1) is 14.7. The van der Waals surface area contributed by atoms with Gasteiger partial charge in [-0.1, -0.05) is 0 Å². The van der Waals surface area contributed by atoms with Gasteiger partial charge in [0.25, 0.3) is 0 Å². The Kier molecular flexibility index (Phi) is 4.24. The van der Waals surface area contributed by atoms with Crippen molar-refractivity contribution in [3.63, 3.8) is 0 Å². The first-order valence-electron chi connectivity index (χ1n) is 6.68. The standard InChI is InChI=1S/C12H19N3O5/c13-6-9(17)14-4-1-2-7(14)11(18)15-5-3-8(16)10(15)12(19)20/h7-8,10,16H,1-6,13H2,(H,19,20)/t7-,8?,10-/m0/s1/i9+2. The zero-order valence-corrected chi connectivity index (χ0v) is 11.1. The molecule has 8 heteroatoms. The number of carbonyl (C=O) groups excluding carboxylic acids is 2. The molecule has 0 saturated carbocycles. The third kappa shape index (κ3) is 2.48. The third-order valence-electron chi connectivity index (χ3n) is 3.93. The van der Waals surface area contributed by atoms with Crippen molar-refractivity contribution >= 4 is 17.8 Å². The Morgan fingerprint density at radius 3 is 2.60 bits per heavy atom. The van der Waals surface area contributed by atoms with Crippen LogP contribution >= 0.6 is 0 Å². The number of carboxylic acid groups (broad SMARTS) is 1. The third-order valence-corrected chi connectivity index (χ3v) is 3.93. The maximum absolute atomic E-state index is 12.5. The highest BCUT2D eigenvalue weighted by Crippen LogP contribution is 2.25. The lowest BCUT2D eigenvalue weighted by Gasteiger charge is -2.30. The van der Waals surface area contributed by atoms with E-state index in [1.807, 2.05) is 0 Å². The number of aliphatic hydroxyl groups is 1. The molecule has 2 saturated heterocycles. The second-order valence-electron chi connectivity index (χ2n) is 5.12. The maximum Gasteiger partial charge on any atom is 0.329 e. The van der Waals surface area contributed by atoms with Crippen LogP contribution < -0.4 is 5.73 Å². The minimum Gasteiger partial charge on any atom is -0.480 e. The van der Waals surface area contributed by atoms with Gasteiger partial charge in [0.1, 0.15) is 6.04 Å². The molecule has 0 aromatic heterocycles. The number of carboxylic acids is 1. The van der Waals surface area contributed by atoms with Crippen LogP contribution in [0.15, 0.2) is 0 Å². The van der Waals surface area contributed by atoms with E-state index < -0.39 is 30.1 Å². The van der Waals surface area contributed by atoms with Crippen molar-refractivity contribution in [2.75, 3.05) is 19.6 Å². The number of nitrogens with two attached hydrogens (primary N) is 1. The molecule has 0 bridgehead atoms. The number of nitrogens with zero attached hydrogens (tertiary/aromatic N) is 2. The fourth-order valence-electron chi connectivity index (χ4n) is 2.95. The Morgan fingerprint density at radius 1 is 1.30 bits per heavy atom. The van der Waals surface area contributed by atoms with Gasteiger partial charge in [-0.15, -0.1) is 0 Å². The highest BCUT2D eigenvalue weighted by molar-refractivity contribution is 5.92. The van der Waals surface area contributed by atoms with Crippen molar-refractivity contribution in [2.45, 2.75) is 37.5 Å². The van der Waals surface area contributed by atoms with Crippen LogP contribution in [-0.2, 0) is 14.4 Å². The van der Waals surface area contributed by atoms with E-state index in [4.69, 9.17) is 10.8 Å². The van der Waals surface area contributed by atoms with E-state index in [1.165, 1.54) is 9.80 Å². The van der Waals surface area contributed by atoms with Gasteiger partial charge >= 0.3 is 5.97 Å². The monoisotopic (exact) mass is 287 g/mol. The highest BCUT2D eigenvalue weighted by atomic mass is 16.4. The summed E-state index contributed by atoms with van der Waals surface area (Å²) in [5, 5.41) is 18.8. The lowest BCUT2D eigenvalue weighted by Crippen LogP contribution is -2.53. The van der Waals surface area contributed by atoms with Gasteiger partial charge in [-0.25, -0.2) is 4.79 Å². The molecule has 112 valence electrons. The molecule has 0 aromatic carbocycles. The summed E-state index contributed by atoms with van der Waals surface area (Å²) in [6.07, 6.45) is 0.372. The van der Waals surface area contributed by atoms with Crippen LogP contribution in [0.3, 0.4) is 0 Å². The first-order valence-corrected chi connectivity index (χ1v) is 6.68. The van der Waals surface area contributed by atoms with Crippen LogP contribution in [0.4, 0.5) is 0 Å². The Bertz CT molecular complexity index is 427. The summed E-state index contributed by atoms with van der Waals surface area (Å²) < 4.78 is 0. The van der Waals surface area contributed by atoms with E-state index in [1.54, 1.807) is 0 Å². The SMILES string of the molecule is NC[14C](=O)N1CCC[C@H]1C(=O)N1CCC(O)[C@H]1C(=O)O. The molecule has 3 atom stereocenters. The predicted molar refractivity (Wildman–Crippen MR) is 67.6 cm³/mol. The number of hydrogen-bond acceptors (Lipinski definition) is 5. The lowest BCUT2D eigenvalue weighted by molar-refractivity contribution is -0.154. The smallest absolute Gasteiger partial charge is 0.329 e. The van der Waals surface area contributed by atoms with Gasteiger partial charge in [0.05, 0.1) is 12.6 Å². The molecule has 0 radical (unpaired) electrons. The van der Waals surface area contributed by atoms with Gasteiger partial charge in [0.2, 0.25) is 11.8 Å². The maximum atomic E-state index is 12.5. The second-order valence-corrected chi connectivity index (χ2v) is 5.12. The molecule has 8 nitrogen and oxygen atoms in total. The largest absolute Gasteiger partial charge is 0.480 e. The van der Waals surface area contributed by atoms with Crippen molar-refractivity contribution in [1.82, 2.24) is 9.80 Å². The molecule has 2 aliphatic heterocycles. The number of rotatable bonds is 3. The fraction of sp³-hybridized carbons (Fsp3) is 0.750. The van der Waals surface area contributed by atoms with Gasteiger partial charge in [-0.05, 0) is 19.3 Å². The molecule has 20 heavy (non-hydrogen) atoms. The number of likely N-dealkylation sites (tertiary alicyclic amines) is 2. The van der Waals surface area contributed by atoms with Gasteiger partial charge in [0, 0.05) is 13.1 Å². The molecule has 0 aliphatic carbocycles. The van der Waals surface area contributed by atoms with Crippen molar-refractivity contribution in [2.24, 2.45) is 5.73 Å². The summed E-state index contributed by atoms with van der Waals surface area (Å²) in [6.45, 7) is 0.480. The molecular weight excluding hydrogens is 268 g/mol.